The van der Waals surface area contributed by atoms with E-state index in [-0.39, 0.29) is 5.89 Å². The van der Waals surface area contributed by atoms with Crippen LogP contribution in [0.5, 0.6) is 0 Å². The van der Waals surface area contributed by atoms with Gasteiger partial charge >= 0.3 is 11.9 Å². The van der Waals surface area contributed by atoms with Crippen LogP contribution in [0.15, 0.2) is 4.42 Å². The molecule has 5 heteroatoms. The highest BCUT2D eigenvalue weighted by molar-refractivity contribution is 5.83. The zero-order valence-corrected chi connectivity index (χ0v) is 7.32. The fourth-order valence-corrected chi connectivity index (χ4v) is 1.22. The molecular formula is C8H10N2O3. The van der Waals surface area contributed by atoms with E-state index in [1.54, 1.807) is 0 Å². The van der Waals surface area contributed by atoms with Gasteiger partial charge in [0.05, 0.1) is 7.11 Å². The lowest BCUT2D eigenvalue weighted by atomic mass is 9.85. The SMILES string of the molecule is COC(=O)c1nnc(C2CCC2)o1. The summed E-state index contributed by atoms with van der Waals surface area (Å²) in [6.07, 6.45) is 3.34. The Kier molecular flexibility index (Phi) is 2.00. The van der Waals surface area contributed by atoms with Crippen molar-refractivity contribution in [1.29, 1.82) is 0 Å². The summed E-state index contributed by atoms with van der Waals surface area (Å²) < 4.78 is 9.59. The minimum Gasteiger partial charge on any atom is -0.462 e. The number of hydrogen-bond acceptors (Lipinski definition) is 5. The lowest BCUT2D eigenvalue weighted by Gasteiger charge is -2.20. The van der Waals surface area contributed by atoms with E-state index in [1.165, 1.54) is 13.5 Å². The molecule has 1 aliphatic carbocycles. The van der Waals surface area contributed by atoms with Crippen LogP contribution in [0.2, 0.25) is 0 Å². The third-order valence-electron chi connectivity index (χ3n) is 2.26. The Morgan fingerprint density at radius 2 is 2.31 bits per heavy atom. The summed E-state index contributed by atoms with van der Waals surface area (Å²) >= 11 is 0. The molecule has 70 valence electrons. The number of ether oxygens (including phenoxy) is 1. The molecule has 13 heavy (non-hydrogen) atoms. The predicted molar refractivity (Wildman–Crippen MR) is 42.2 cm³/mol. The van der Waals surface area contributed by atoms with Gasteiger partial charge in [-0.3, -0.25) is 0 Å². The molecule has 0 spiro atoms. The number of nitrogens with zero attached hydrogens (tertiary/aromatic N) is 2. The minimum absolute atomic E-state index is 0.0515. The maximum absolute atomic E-state index is 10.9. The molecule has 1 aromatic rings. The van der Waals surface area contributed by atoms with E-state index >= 15 is 0 Å². The second-order valence-corrected chi connectivity index (χ2v) is 3.06. The first-order chi connectivity index (χ1) is 6.31. The van der Waals surface area contributed by atoms with Gasteiger partial charge in [0, 0.05) is 5.92 Å². The Balaban J connectivity index is 2.12. The standard InChI is InChI=1S/C8H10N2O3/c1-12-8(11)7-10-9-6(13-7)5-3-2-4-5/h5H,2-4H2,1H3. The maximum atomic E-state index is 10.9. The molecular weight excluding hydrogens is 172 g/mol. The number of methoxy groups -OCH3 is 1. The smallest absolute Gasteiger partial charge is 0.396 e. The summed E-state index contributed by atoms with van der Waals surface area (Å²) in [5.74, 6) is 0.292. The second-order valence-electron chi connectivity index (χ2n) is 3.06. The Morgan fingerprint density at radius 1 is 1.54 bits per heavy atom. The Morgan fingerprint density at radius 3 is 2.85 bits per heavy atom. The number of hydrogen-bond donors (Lipinski definition) is 0. The average molecular weight is 182 g/mol. The molecule has 1 saturated carbocycles. The Hall–Kier alpha value is -1.39. The molecule has 1 aromatic heterocycles. The zero-order chi connectivity index (χ0) is 9.26. The van der Waals surface area contributed by atoms with E-state index in [0.717, 1.165) is 12.8 Å². The number of rotatable bonds is 2. The first kappa shape index (κ1) is 8.22. The minimum atomic E-state index is -0.571. The highest BCUT2D eigenvalue weighted by Gasteiger charge is 2.26. The fraction of sp³-hybridized carbons (Fsp3) is 0.625. The summed E-state index contributed by atoms with van der Waals surface area (Å²) in [6, 6.07) is 0. The maximum Gasteiger partial charge on any atom is 0.396 e. The van der Waals surface area contributed by atoms with Crippen molar-refractivity contribution in [3.05, 3.63) is 11.8 Å². The molecule has 0 atom stereocenters. The first-order valence-electron chi connectivity index (χ1n) is 4.23. The predicted octanol–water partition coefficient (Wildman–Crippen LogP) is 1.12. The normalized spacial score (nSPS) is 16.7. The Labute approximate surface area is 75.1 Å². The van der Waals surface area contributed by atoms with E-state index in [1.807, 2.05) is 0 Å². The zero-order valence-electron chi connectivity index (χ0n) is 7.32. The van der Waals surface area contributed by atoms with E-state index in [9.17, 15) is 4.79 Å². The molecule has 2 rings (SSSR count). The van der Waals surface area contributed by atoms with Crippen molar-refractivity contribution in [2.75, 3.05) is 7.11 Å². The van der Waals surface area contributed by atoms with Crippen LogP contribution in [-0.4, -0.2) is 23.3 Å². The van der Waals surface area contributed by atoms with E-state index < -0.39 is 5.97 Å². The van der Waals surface area contributed by atoms with Crippen molar-refractivity contribution in [1.82, 2.24) is 10.2 Å². The highest BCUT2D eigenvalue weighted by atomic mass is 16.5. The van der Waals surface area contributed by atoms with Gasteiger partial charge in [-0.25, -0.2) is 4.79 Å². The lowest BCUT2D eigenvalue weighted by Crippen LogP contribution is -2.08. The third-order valence-corrected chi connectivity index (χ3v) is 2.26. The van der Waals surface area contributed by atoms with E-state index in [4.69, 9.17) is 4.42 Å². The quantitative estimate of drug-likeness (QED) is 0.641. The molecule has 5 nitrogen and oxygen atoms in total. The van der Waals surface area contributed by atoms with Gasteiger partial charge in [0.2, 0.25) is 5.89 Å². The van der Waals surface area contributed by atoms with E-state index in [0.29, 0.717) is 11.8 Å². The van der Waals surface area contributed by atoms with Crippen LogP contribution in [0.3, 0.4) is 0 Å². The van der Waals surface area contributed by atoms with Gasteiger partial charge in [-0.05, 0) is 12.8 Å². The average Bonchev–Trinajstić information content (AvgIpc) is 2.49. The molecule has 1 heterocycles. The van der Waals surface area contributed by atoms with Gasteiger partial charge in [-0.1, -0.05) is 6.42 Å². The van der Waals surface area contributed by atoms with Crippen molar-refractivity contribution in [3.8, 4) is 0 Å². The second kappa shape index (κ2) is 3.16. The molecule has 0 aromatic carbocycles. The van der Waals surface area contributed by atoms with Gasteiger partial charge in [0.25, 0.3) is 0 Å². The molecule has 0 unspecified atom stereocenters. The molecule has 0 saturated heterocycles. The number of esters is 1. The fourth-order valence-electron chi connectivity index (χ4n) is 1.22. The molecule has 1 fully saturated rings. The number of carbonyl (C=O) groups excluding carboxylic acids is 1. The van der Waals surface area contributed by atoms with Crippen molar-refractivity contribution in [2.45, 2.75) is 25.2 Å². The molecule has 1 aliphatic rings. The van der Waals surface area contributed by atoms with E-state index in [2.05, 4.69) is 14.9 Å². The van der Waals surface area contributed by atoms with Gasteiger partial charge in [-0.15, -0.1) is 10.2 Å². The van der Waals surface area contributed by atoms with Crippen LogP contribution in [0.25, 0.3) is 0 Å². The highest BCUT2D eigenvalue weighted by Crippen LogP contribution is 2.35. The topological polar surface area (TPSA) is 65.2 Å². The third kappa shape index (κ3) is 1.41. The van der Waals surface area contributed by atoms with Crippen molar-refractivity contribution < 1.29 is 13.9 Å². The number of carbonyl (C=O) groups is 1. The molecule has 0 aliphatic heterocycles. The van der Waals surface area contributed by atoms with Crippen molar-refractivity contribution >= 4 is 5.97 Å². The van der Waals surface area contributed by atoms with Gasteiger partial charge in [0.15, 0.2) is 0 Å². The van der Waals surface area contributed by atoms with Gasteiger partial charge in [-0.2, -0.15) is 0 Å². The number of aromatic nitrogens is 2. The lowest BCUT2D eigenvalue weighted by molar-refractivity contribution is 0.0552. The van der Waals surface area contributed by atoms with Crippen LogP contribution in [-0.2, 0) is 4.74 Å². The molecule has 0 amide bonds. The summed E-state index contributed by atoms with van der Waals surface area (Å²) in [6.45, 7) is 0. The van der Waals surface area contributed by atoms with Crippen LogP contribution in [0.1, 0.15) is 41.8 Å². The molecule has 0 bridgehead atoms. The van der Waals surface area contributed by atoms with Crippen molar-refractivity contribution in [2.24, 2.45) is 0 Å². The summed E-state index contributed by atoms with van der Waals surface area (Å²) in [7, 11) is 1.29. The Bertz CT molecular complexity index is 317. The summed E-state index contributed by atoms with van der Waals surface area (Å²) in [4.78, 5) is 10.9. The summed E-state index contributed by atoms with van der Waals surface area (Å²) in [5.41, 5.74) is 0. The van der Waals surface area contributed by atoms with Crippen LogP contribution >= 0.6 is 0 Å². The van der Waals surface area contributed by atoms with Gasteiger partial charge in [0.1, 0.15) is 0 Å². The monoisotopic (exact) mass is 182 g/mol. The molecule has 0 N–H and O–H groups in total. The van der Waals surface area contributed by atoms with Crippen LogP contribution < -0.4 is 0 Å². The van der Waals surface area contributed by atoms with Crippen LogP contribution in [0, 0.1) is 0 Å². The summed E-state index contributed by atoms with van der Waals surface area (Å²) in [5, 5.41) is 7.39. The largest absolute Gasteiger partial charge is 0.462 e. The van der Waals surface area contributed by atoms with Crippen molar-refractivity contribution in [3.63, 3.8) is 0 Å². The first-order valence-corrected chi connectivity index (χ1v) is 4.23. The van der Waals surface area contributed by atoms with Crippen LogP contribution in [0.4, 0.5) is 0 Å². The van der Waals surface area contributed by atoms with Gasteiger partial charge < -0.3 is 9.15 Å². The molecule has 0 radical (unpaired) electrons.